The van der Waals surface area contributed by atoms with Gasteiger partial charge in [-0.1, -0.05) is 54.6 Å². The SMILES string of the molecule is CS(=O)(=O)[O-].CS(=O)(=O)[O-].CS(=O)(=O)[O-].Cc1cc(C(=C2C=CC(=[NH+]c3ccccc3)C=C2)c2ccc(Nc3ccccc3)cc2)ccc1N.[Na+].[Na+]. The first-order valence-corrected chi connectivity index (χ1v) is 19.9. The van der Waals surface area contributed by atoms with Crippen LogP contribution in [0.1, 0.15) is 16.7 Å². The smallest absolute Gasteiger partial charge is 0.748 e. The van der Waals surface area contributed by atoms with Crippen molar-refractivity contribution < 1.29 is 103 Å². The molecular formula is C35H37N3Na2O9S3. The van der Waals surface area contributed by atoms with Crippen molar-refractivity contribution in [1.82, 2.24) is 0 Å². The molecule has 0 saturated carbocycles. The Morgan fingerprint density at radius 3 is 1.44 bits per heavy atom. The molecule has 52 heavy (non-hydrogen) atoms. The minimum atomic E-state index is -3.92. The normalized spacial score (nSPS) is 11.8. The van der Waals surface area contributed by atoms with Crippen LogP contribution in [-0.2, 0) is 30.4 Å². The van der Waals surface area contributed by atoms with Gasteiger partial charge in [-0.25, -0.2) is 30.2 Å². The maximum atomic E-state index is 9.08. The quantitative estimate of drug-likeness (QED) is 0.110. The molecule has 4 aromatic carbocycles. The van der Waals surface area contributed by atoms with Gasteiger partial charge in [0.1, 0.15) is 0 Å². The van der Waals surface area contributed by atoms with Gasteiger partial charge in [0.2, 0.25) is 11.4 Å². The molecule has 0 aliphatic heterocycles. The van der Waals surface area contributed by atoms with Gasteiger partial charge in [0.15, 0.2) is 0 Å². The zero-order valence-corrected chi connectivity index (χ0v) is 36.1. The Bertz CT molecular complexity index is 2080. The number of nitrogen functional groups attached to an aromatic ring is 1. The van der Waals surface area contributed by atoms with Gasteiger partial charge in [0, 0.05) is 60.1 Å². The monoisotopic (exact) mass is 785 g/mol. The van der Waals surface area contributed by atoms with Gasteiger partial charge in [-0.05, 0) is 83.3 Å². The van der Waals surface area contributed by atoms with E-state index in [-0.39, 0.29) is 59.1 Å². The number of benzene rings is 4. The van der Waals surface area contributed by atoms with E-state index in [1.165, 1.54) is 5.57 Å². The van der Waals surface area contributed by atoms with E-state index in [1.54, 1.807) is 0 Å². The zero-order chi connectivity index (χ0) is 37.5. The summed E-state index contributed by atoms with van der Waals surface area (Å²) in [6, 6.07) is 35.2. The summed E-state index contributed by atoms with van der Waals surface area (Å²) in [5, 5.41) is 3.46. The van der Waals surface area contributed by atoms with E-state index in [4.69, 9.17) is 44.6 Å². The number of aryl methyl sites for hydroxylation is 1. The first-order chi connectivity index (χ1) is 23.2. The third kappa shape index (κ3) is 22.9. The van der Waals surface area contributed by atoms with Gasteiger partial charge in [0.25, 0.3) is 0 Å². The van der Waals surface area contributed by atoms with Crippen molar-refractivity contribution in [3.05, 3.63) is 150 Å². The van der Waals surface area contributed by atoms with Gasteiger partial charge in [-0.15, -0.1) is 0 Å². The van der Waals surface area contributed by atoms with Crippen LogP contribution in [-0.4, -0.2) is 63.4 Å². The number of hydrogen-bond acceptors (Lipinski definition) is 11. The topological polar surface area (TPSA) is 224 Å². The molecule has 12 nitrogen and oxygen atoms in total. The maximum absolute atomic E-state index is 9.08. The molecule has 1 aliphatic carbocycles. The summed E-state index contributed by atoms with van der Waals surface area (Å²) < 4.78 is 81.7. The zero-order valence-electron chi connectivity index (χ0n) is 29.6. The fourth-order valence-electron chi connectivity index (χ4n) is 4.15. The third-order valence-corrected chi connectivity index (χ3v) is 6.03. The number of allylic oxidation sites excluding steroid dienone is 5. The van der Waals surface area contributed by atoms with Gasteiger partial charge >= 0.3 is 59.1 Å². The van der Waals surface area contributed by atoms with E-state index in [0.717, 1.165) is 50.7 Å². The molecule has 1 aliphatic rings. The minimum Gasteiger partial charge on any atom is -0.748 e. The number of rotatable bonds is 5. The molecule has 5 rings (SSSR count). The molecule has 0 fully saturated rings. The molecule has 0 bridgehead atoms. The fraction of sp³-hybridized carbons (Fsp3) is 0.114. The molecule has 0 amide bonds. The summed E-state index contributed by atoms with van der Waals surface area (Å²) in [4.78, 5) is 3.46. The molecule has 0 saturated heterocycles. The molecule has 4 aromatic rings. The Morgan fingerprint density at radius 2 is 1.00 bits per heavy atom. The molecule has 266 valence electrons. The first-order valence-electron chi connectivity index (χ1n) is 14.5. The van der Waals surface area contributed by atoms with Crippen molar-refractivity contribution in [3.63, 3.8) is 0 Å². The van der Waals surface area contributed by atoms with Crippen molar-refractivity contribution in [2.24, 2.45) is 0 Å². The Kier molecular flexibility index (Phi) is 21.7. The van der Waals surface area contributed by atoms with Crippen LogP contribution in [0, 0.1) is 6.92 Å². The number of anilines is 3. The van der Waals surface area contributed by atoms with E-state index in [9.17, 15) is 0 Å². The first kappa shape index (κ1) is 49.1. The summed E-state index contributed by atoms with van der Waals surface area (Å²) in [6.07, 6.45) is 10.4. The largest absolute Gasteiger partial charge is 1.00 e. The van der Waals surface area contributed by atoms with Gasteiger partial charge in [-0.3, -0.25) is 0 Å². The predicted molar refractivity (Wildman–Crippen MR) is 195 cm³/mol. The number of nitrogens with one attached hydrogen (secondary N) is 2. The standard InChI is InChI=1S/C32H27N3.3CH4O3S.2Na/c1-23-22-26(16-21-31(23)33)32(24-12-17-29(18-13-24)34-27-8-4-2-5-9-27)25-14-19-30(20-15-25)35-28-10-6-3-7-11-28;3*1-5(2,3)4;;/h2-22,34H,33H2,1H3;3*1H3,(H,2,3,4);;/q;;;;2*+1/p-2. The summed E-state index contributed by atoms with van der Waals surface area (Å²) in [7, 11) is -11.8. The third-order valence-electron chi connectivity index (χ3n) is 6.03. The van der Waals surface area contributed by atoms with Gasteiger partial charge in [-0.2, -0.15) is 0 Å². The molecule has 0 atom stereocenters. The molecule has 4 N–H and O–H groups in total. The van der Waals surface area contributed by atoms with Crippen LogP contribution in [0.25, 0.3) is 5.57 Å². The van der Waals surface area contributed by atoms with Gasteiger partial charge < -0.3 is 24.7 Å². The average Bonchev–Trinajstić information content (AvgIpc) is 2.99. The number of para-hydroxylation sites is 2. The summed E-state index contributed by atoms with van der Waals surface area (Å²) in [5.41, 5.74) is 16.9. The van der Waals surface area contributed by atoms with Gasteiger partial charge in [0.05, 0.1) is 30.4 Å². The van der Waals surface area contributed by atoms with Crippen molar-refractivity contribution in [3.8, 4) is 0 Å². The second-order valence-electron chi connectivity index (χ2n) is 10.7. The Balaban J connectivity index is 0.00000130. The van der Waals surface area contributed by atoms with E-state index in [1.807, 2.05) is 42.5 Å². The number of nitrogens with two attached hydrogens (primary N) is 1. The second kappa shape index (κ2) is 23.0. The van der Waals surface area contributed by atoms with E-state index < -0.39 is 30.4 Å². The van der Waals surface area contributed by atoms with Crippen LogP contribution in [0.4, 0.5) is 22.7 Å². The van der Waals surface area contributed by atoms with Crippen LogP contribution in [0.5, 0.6) is 0 Å². The van der Waals surface area contributed by atoms with Crippen molar-refractivity contribution >= 4 is 64.4 Å². The van der Waals surface area contributed by atoms with E-state index in [0.29, 0.717) is 18.8 Å². The second-order valence-corrected chi connectivity index (χ2v) is 14.9. The van der Waals surface area contributed by atoms with Crippen LogP contribution < -0.4 is 75.2 Å². The van der Waals surface area contributed by atoms with Crippen LogP contribution in [0.15, 0.2) is 133 Å². The minimum absolute atomic E-state index is 0. The molecule has 0 spiro atoms. The summed E-state index contributed by atoms with van der Waals surface area (Å²) in [6.45, 7) is 2.05. The summed E-state index contributed by atoms with van der Waals surface area (Å²) >= 11 is 0. The van der Waals surface area contributed by atoms with Crippen molar-refractivity contribution in [1.29, 1.82) is 0 Å². The molecule has 0 aromatic heterocycles. The Labute approximate surface area is 350 Å². The van der Waals surface area contributed by atoms with Crippen molar-refractivity contribution in [2.75, 3.05) is 29.8 Å². The number of hydrogen-bond donors (Lipinski definition) is 3. The predicted octanol–water partition coefficient (Wildman–Crippen LogP) is -2.41. The molecular weight excluding hydrogens is 749 g/mol. The molecule has 0 radical (unpaired) electrons. The summed E-state index contributed by atoms with van der Waals surface area (Å²) in [5.74, 6) is 0. The fourth-order valence-corrected chi connectivity index (χ4v) is 4.15. The van der Waals surface area contributed by atoms with Crippen LogP contribution >= 0.6 is 0 Å². The average molecular weight is 786 g/mol. The maximum Gasteiger partial charge on any atom is 1.00 e. The van der Waals surface area contributed by atoms with Crippen LogP contribution in [0.2, 0.25) is 0 Å². The van der Waals surface area contributed by atoms with Crippen LogP contribution in [0.3, 0.4) is 0 Å². The van der Waals surface area contributed by atoms with Crippen molar-refractivity contribution in [2.45, 2.75) is 6.92 Å². The molecule has 17 heteroatoms. The molecule has 0 heterocycles. The van der Waals surface area contributed by atoms with E-state index >= 15 is 0 Å². The Hall–Kier alpha value is -2.90. The molecule has 0 unspecified atom stereocenters. The van der Waals surface area contributed by atoms with E-state index in [2.05, 4.69) is 102 Å². The Morgan fingerprint density at radius 1 is 0.596 bits per heavy atom.